The van der Waals surface area contributed by atoms with E-state index in [0.717, 1.165) is 23.3 Å². The Labute approximate surface area is 120 Å². The van der Waals surface area contributed by atoms with Crippen molar-refractivity contribution in [3.8, 4) is 0 Å². The molecule has 1 aromatic carbocycles. The van der Waals surface area contributed by atoms with E-state index in [9.17, 15) is 10.0 Å². The third-order valence-corrected chi connectivity index (χ3v) is 4.32. The Morgan fingerprint density at radius 1 is 1.20 bits per heavy atom. The first-order valence-electron chi connectivity index (χ1n) is 7.12. The molecule has 3 unspecified atom stereocenters. The van der Waals surface area contributed by atoms with Crippen molar-refractivity contribution >= 4 is 12.6 Å². The van der Waals surface area contributed by atoms with E-state index in [1.807, 2.05) is 19.9 Å². The van der Waals surface area contributed by atoms with Crippen LogP contribution >= 0.6 is 0 Å². The predicted octanol–water partition coefficient (Wildman–Crippen LogP) is 0.923. The van der Waals surface area contributed by atoms with Gasteiger partial charge in [-0.2, -0.15) is 0 Å². The molecule has 1 saturated heterocycles. The van der Waals surface area contributed by atoms with Crippen molar-refractivity contribution in [1.29, 1.82) is 0 Å². The van der Waals surface area contributed by atoms with Gasteiger partial charge in [-0.1, -0.05) is 19.1 Å². The van der Waals surface area contributed by atoms with Gasteiger partial charge in [0.2, 0.25) is 0 Å². The molecule has 4 nitrogen and oxygen atoms in total. The van der Waals surface area contributed by atoms with Crippen molar-refractivity contribution in [1.82, 2.24) is 0 Å². The quantitative estimate of drug-likeness (QED) is 0.807. The highest BCUT2D eigenvalue weighted by Gasteiger charge is 2.26. The summed E-state index contributed by atoms with van der Waals surface area (Å²) in [6, 6.07) is 3.68. The molecule has 1 heterocycles. The van der Waals surface area contributed by atoms with Crippen LogP contribution in [0, 0.1) is 19.8 Å². The van der Waals surface area contributed by atoms with Crippen molar-refractivity contribution in [2.45, 2.75) is 46.5 Å². The number of ether oxygens (including phenoxy) is 2. The molecule has 1 aromatic rings. The normalized spacial score (nSPS) is 26.6. The molecular formula is C15H23BO4. The molecule has 1 aliphatic rings. The van der Waals surface area contributed by atoms with Crippen LogP contribution < -0.4 is 5.46 Å². The lowest BCUT2D eigenvalue weighted by Gasteiger charge is -2.33. The summed E-state index contributed by atoms with van der Waals surface area (Å²) in [5.74, 6) is 0.418. The lowest BCUT2D eigenvalue weighted by molar-refractivity contribution is -0.227. The third kappa shape index (κ3) is 3.23. The second kappa shape index (κ2) is 6.27. The molecular weight excluding hydrogens is 255 g/mol. The maximum Gasteiger partial charge on any atom is 0.488 e. The van der Waals surface area contributed by atoms with Gasteiger partial charge in [0.05, 0.1) is 12.7 Å². The van der Waals surface area contributed by atoms with Gasteiger partial charge in [-0.05, 0) is 42.9 Å². The van der Waals surface area contributed by atoms with Crippen molar-refractivity contribution in [2.75, 3.05) is 6.61 Å². The molecule has 1 fully saturated rings. The maximum absolute atomic E-state index is 9.31. The molecule has 0 amide bonds. The zero-order valence-electron chi connectivity index (χ0n) is 12.6. The van der Waals surface area contributed by atoms with Crippen LogP contribution in [0.25, 0.3) is 0 Å². The summed E-state index contributed by atoms with van der Waals surface area (Å²) in [6.07, 6.45) is 0.670. The minimum Gasteiger partial charge on any atom is -0.423 e. The summed E-state index contributed by atoms with van der Waals surface area (Å²) >= 11 is 0. The average molecular weight is 278 g/mol. The maximum atomic E-state index is 9.31. The van der Waals surface area contributed by atoms with Crippen LogP contribution in [0.4, 0.5) is 0 Å². The Balaban J connectivity index is 2.12. The van der Waals surface area contributed by atoms with Crippen LogP contribution in [0.2, 0.25) is 0 Å². The van der Waals surface area contributed by atoms with Gasteiger partial charge in [-0.3, -0.25) is 0 Å². The molecule has 20 heavy (non-hydrogen) atoms. The first kappa shape index (κ1) is 15.5. The highest BCUT2D eigenvalue weighted by atomic mass is 16.7. The van der Waals surface area contributed by atoms with E-state index in [2.05, 4.69) is 13.8 Å². The Bertz CT molecular complexity index is 475. The molecule has 3 atom stereocenters. The minimum absolute atomic E-state index is 0.202. The molecule has 110 valence electrons. The Kier molecular flexibility index (Phi) is 4.86. The lowest BCUT2D eigenvalue weighted by Crippen LogP contribution is -2.38. The summed E-state index contributed by atoms with van der Waals surface area (Å²) in [4.78, 5) is 0. The molecule has 0 radical (unpaired) electrons. The second-order valence-electron chi connectivity index (χ2n) is 5.72. The number of hydrogen-bond donors (Lipinski definition) is 2. The fraction of sp³-hybridized carbons (Fsp3) is 0.600. The first-order valence-corrected chi connectivity index (χ1v) is 7.12. The Morgan fingerprint density at radius 2 is 1.90 bits per heavy atom. The average Bonchev–Trinajstić information content (AvgIpc) is 2.39. The van der Waals surface area contributed by atoms with E-state index < -0.39 is 7.12 Å². The van der Waals surface area contributed by atoms with Crippen LogP contribution in [0.5, 0.6) is 0 Å². The van der Waals surface area contributed by atoms with Crippen LogP contribution in [-0.4, -0.2) is 36.2 Å². The van der Waals surface area contributed by atoms with Crippen molar-refractivity contribution in [2.24, 2.45) is 5.92 Å². The van der Waals surface area contributed by atoms with Crippen LogP contribution in [-0.2, 0) is 15.9 Å². The second-order valence-corrected chi connectivity index (χ2v) is 5.72. The molecule has 0 aliphatic carbocycles. The van der Waals surface area contributed by atoms with Gasteiger partial charge in [0.25, 0.3) is 0 Å². The summed E-state index contributed by atoms with van der Waals surface area (Å²) in [5, 5.41) is 18.6. The van der Waals surface area contributed by atoms with E-state index in [1.165, 1.54) is 0 Å². The largest absolute Gasteiger partial charge is 0.488 e. The van der Waals surface area contributed by atoms with E-state index in [1.54, 1.807) is 6.07 Å². The minimum atomic E-state index is -1.43. The van der Waals surface area contributed by atoms with Crippen LogP contribution in [0.1, 0.15) is 30.5 Å². The highest BCUT2D eigenvalue weighted by molar-refractivity contribution is 6.59. The fourth-order valence-corrected chi connectivity index (χ4v) is 2.49. The SMILES string of the molecule is Cc1c(CC2OCC(C)C(C)O2)ccc(B(O)O)c1C. The fourth-order valence-electron chi connectivity index (χ4n) is 2.49. The molecule has 0 aromatic heterocycles. The molecule has 2 rings (SSSR count). The summed E-state index contributed by atoms with van der Waals surface area (Å²) in [7, 11) is -1.43. The van der Waals surface area contributed by atoms with Gasteiger partial charge < -0.3 is 19.5 Å². The summed E-state index contributed by atoms with van der Waals surface area (Å²) < 4.78 is 11.6. The molecule has 0 spiro atoms. The van der Waals surface area contributed by atoms with Gasteiger partial charge in [0.15, 0.2) is 6.29 Å². The van der Waals surface area contributed by atoms with Crippen molar-refractivity contribution in [3.63, 3.8) is 0 Å². The van der Waals surface area contributed by atoms with Gasteiger partial charge in [0.1, 0.15) is 0 Å². The Morgan fingerprint density at radius 3 is 2.50 bits per heavy atom. The van der Waals surface area contributed by atoms with Gasteiger partial charge in [0, 0.05) is 12.3 Å². The van der Waals surface area contributed by atoms with Gasteiger partial charge in [-0.25, -0.2) is 0 Å². The Hall–Kier alpha value is -0.875. The van der Waals surface area contributed by atoms with E-state index in [4.69, 9.17) is 9.47 Å². The number of rotatable bonds is 3. The predicted molar refractivity (Wildman–Crippen MR) is 78.9 cm³/mol. The van der Waals surface area contributed by atoms with Gasteiger partial charge >= 0.3 is 7.12 Å². The molecule has 2 N–H and O–H groups in total. The number of hydrogen-bond acceptors (Lipinski definition) is 4. The number of benzene rings is 1. The van der Waals surface area contributed by atoms with Crippen molar-refractivity contribution < 1.29 is 19.5 Å². The third-order valence-electron chi connectivity index (χ3n) is 4.32. The van der Waals surface area contributed by atoms with Crippen LogP contribution in [0.15, 0.2) is 12.1 Å². The topological polar surface area (TPSA) is 58.9 Å². The lowest BCUT2D eigenvalue weighted by atomic mass is 9.75. The van der Waals surface area contributed by atoms with E-state index in [-0.39, 0.29) is 12.4 Å². The highest BCUT2D eigenvalue weighted by Crippen LogP contribution is 2.22. The molecule has 5 heteroatoms. The molecule has 0 bridgehead atoms. The summed E-state index contributed by atoms with van der Waals surface area (Å²) in [6.45, 7) is 8.81. The smallest absolute Gasteiger partial charge is 0.423 e. The molecule has 0 saturated carbocycles. The van der Waals surface area contributed by atoms with E-state index in [0.29, 0.717) is 17.8 Å². The van der Waals surface area contributed by atoms with Gasteiger partial charge in [-0.15, -0.1) is 0 Å². The zero-order chi connectivity index (χ0) is 14.9. The first-order chi connectivity index (χ1) is 9.40. The monoisotopic (exact) mass is 278 g/mol. The van der Waals surface area contributed by atoms with Crippen molar-refractivity contribution in [3.05, 3.63) is 28.8 Å². The zero-order valence-corrected chi connectivity index (χ0v) is 12.6. The summed E-state index contributed by atoms with van der Waals surface area (Å²) in [5.41, 5.74) is 3.65. The molecule has 1 aliphatic heterocycles. The van der Waals surface area contributed by atoms with E-state index >= 15 is 0 Å². The standard InChI is InChI=1S/C15H23BO4/c1-9-8-19-15(20-12(9)4)7-13-5-6-14(16(17)18)11(3)10(13)2/h5-6,9,12,15,17-18H,7-8H2,1-4H3. The van der Waals surface area contributed by atoms with Crippen LogP contribution in [0.3, 0.4) is 0 Å².